The van der Waals surface area contributed by atoms with Gasteiger partial charge < -0.3 is 0 Å². The Hall–Kier alpha value is -0.0200. The number of ketones is 1. The summed E-state index contributed by atoms with van der Waals surface area (Å²) in [6, 6.07) is 0.588. The predicted octanol–water partition coefficient (Wildman–Crippen LogP) is 1.55. The summed E-state index contributed by atoms with van der Waals surface area (Å²) in [5.41, 5.74) is 0. The summed E-state index contributed by atoms with van der Waals surface area (Å²) in [5, 5.41) is 0.792. The molecule has 2 aliphatic heterocycles. The van der Waals surface area contributed by atoms with E-state index < -0.39 is 0 Å². The van der Waals surface area contributed by atoms with Crippen LogP contribution in [0.25, 0.3) is 0 Å². The lowest BCUT2D eigenvalue weighted by Crippen LogP contribution is -2.38. The molecule has 2 rings (SSSR count). The number of carbonyl (C=O) groups excluding carboxylic acids is 1. The van der Waals surface area contributed by atoms with Crippen LogP contribution in [0, 0.1) is 0 Å². The van der Waals surface area contributed by atoms with E-state index in [2.05, 4.69) is 23.6 Å². The Morgan fingerprint density at radius 3 is 3.23 bits per heavy atom. The van der Waals surface area contributed by atoms with Crippen LogP contribution in [0.1, 0.15) is 26.2 Å². The SMILES string of the molecule is CCS[C@H]1C[C@@H]2CC(=O)CCN2C1. The molecule has 0 aromatic carbocycles. The fourth-order valence-corrected chi connectivity index (χ4v) is 3.54. The van der Waals surface area contributed by atoms with Crippen molar-refractivity contribution in [1.29, 1.82) is 0 Å². The van der Waals surface area contributed by atoms with Gasteiger partial charge in [0.05, 0.1) is 0 Å². The highest BCUT2D eigenvalue weighted by Gasteiger charge is 2.35. The minimum atomic E-state index is 0.475. The first kappa shape index (κ1) is 9.53. The van der Waals surface area contributed by atoms with Crippen LogP contribution < -0.4 is 0 Å². The van der Waals surface area contributed by atoms with Crippen molar-refractivity contribution in [2.45, 2.75) is 37.5 Å². The van der Waals surface area contributed by atoms with Gasteiger partial charge in [-0.15, -0.1) is 0 Å². The number of nitrogens with zero attached hydrogens (tertiary/aromatic N) is 1. The van der Waals surface area contributed by atoms with Gasteiger partial charge >= 0.3 is 0 Å². The standard InChI is InChI=1S/C10H17NOS/c1-2-13-10-6-8-5-9(12)3-4-11(8)7-10/h8,10H,2-7H2,1H3/t8-,10-/m0/s1. The van der Waals surface area contributed by atoms with Crippen LogP contribution in [0.2, 0.25) is 0 Å². The fourth-order valence-electron chi connectivity index (χ4n) is 2.41. The lowest BCUT2D eigenvalue weighted by atomic mass is 10.0. The second-order valence-corrected chi connectivity index (χ2v) is 5.53. The Balaban J connectivity index is 1.90. The van der Waals surface area contributed by atoms with E-state index in [0.29, 0.717) is 11.8 Å². The molecule has 0 saturated carbocycles. The van der Waals surface area contributed by atoms with E-state index >= 15 is 0 Å². The number of hydrogen-bond donors (Lipinski definition) is 0. The van der Waals surface area contributed by atoms with Gasteiger partial charge in [0.2, 0.25) is 0 Å². The second-order valence-electron chi connectivity index (χ2n) is 3.95. The van der Waals surface area contributed by atoms with Crippen LogP contribution in [0.3, 0.4) is 0 Å². The number of piperidine rings is 1. The van der Waals surface area contributed by atoms with Gasteiger partial charge in [-0.2, -0.15) is 11.8 Å². The van der Waals surface area contributed by atoms with Crippen molar-refractivity contribution in [3.63, 3.8) is 0 Å². The lowest BCUT2D eigenvalue weighted by molar-refractivity contribution is -0.122. The Bertz CT molecular complexity index is 207. The molecule has 0 aromatic heterocycles. The maximum absolute atomic E-state index is 11.2. The van der Waals surface area contributed by atoms with Gasteiger partial charge in [0, 0.05) is 37.2 Å². The van der Waals surface area contributed by atoms with Gasteiger partial charge in [-0.05, 0) is 12.2 Å². The first-order valence-electron chi connectivity index (χ1n) is 5.17. The first-order valence-corrected chi connectivity index (χ1v) is 6.22. The van der Waals surface area contributed by atoms with Crippen LogP contribution in [0.5, 0.6) is 0 Å². The topological polar surface area (TPSA) is 20.3 Å². The quantitative estimate of drug-likeness (QED) is 0.673. The molecule has 0 unspecified atom stereocenters. The van der Waals surface area contributed by atoms with Crippen molar-refractivity contribution in [2.75, 3.05) is 18.8 Å². The van der Waals surface area contributed by atoms with Gasteiger partial charge in [0.25, 0.3) is 0 Å². The van der Waals surface area contributed by atoms with Gasteiger partial charge in [-0.3, -0.25) is 9.69 Å². The van der Waals surface area contributed by atoms with Gasteiger partial charge in [-0.25, -0.2) is 0 Å². The maximum atomic E-state index is 11.2. The molecule has 2 atom stereocenters. The summed E-state index contributed by atoms with van der Waals surface area (Å²) in [6.45, 7) is 4.45. The minimum absolute atomic E-state index is 0.475. The van der Waals surface area contributed by atoms with Crippen LogP contribution in [0.15, 0.2) is 0 Å². The van der Waals surface area contributed by atoms with Gasteiger partial charge in [0.1, 0.15) is 5.78 Å². The van der Waals surface area contributed by atoms with Crippen molar-refractivity contribution in [3.8, 4) is 0 Å². The molecule has 2 fully saturated rings. The molecule has 13 heavy (non-hydrogen) atoms. The fraction of sp³-hybridized carbons (Fsp3) is 0.900. The van der Waals surface area contributed by atoms with E-state index in [9.17, 15) is 4.79 Å². The van der Waals surface area contributed by atoms with E-state index in [1.807, 2.05) is 0 Å². The highest BCUT2D eigenvalue weighted by atomic mass is 32.2. The molecule has 2 aliphatic rings. The molecule has 2 nitrogen and oxygen atoms in total. The molecule has 74 valence electrons. The smallest absolute Gasteiger partial charge is 0.135 e. The van der Waals surface area contributed by atoms with Gasteiger partial charge in [-0.1, -0.05) is 6.92 Å². The molecule has 0 aromatic rings. The number of carbonyl (C=O) groups is 1. The van der Waals surface area contributed by atoms with Crippen molar-refractivity contribution in [2.24, 2.45) is 0 Å². The van der Waals surface area contributed by atoms with Crippen molar-refractivity contribution < 1.29 is 4.79 Å². The van der Waals surface area contributed by atoms with Crippen LogP contribution in [-0.2, 0) is 4.79 Å². The predicted molar refractivity (Wildman–Crippen MR) is 56.1 cm³/mol. The summed E-state index contributed by atoms with van der Waals surface area (Å²) in [7, 11) is 0. The molecule has 2 heterocycles. The third-order valence-corrected chi connectivity index (χ3v) is 4.18. The number of rotatable bonds is 2. The van der Waals surface area contributed by atoms with Gasteiger partial charge in [0.15, 0.2) is 0 Å². The minimum Gasteiger partial charge on any atom is -0.300 e. The summed E-state index contributed by atoms with van der Waals surface area (Å²) < 4.78 is 0. The zero-order valence-corrected chi connectivity index (χ0v) is 8.98. The number of hydrogen-bond acceptors (Lipinski definition) is 3. The zero-order chi connectivity index (χ0) is 9.26. The Labute approximate surface area is 84.1 Å². The van der Waals surface area contributed by atoms with Crippen LogP contribution >= 0.6 is 11.8 Å². The van der Waals surface area contributed by atoms with E-state index in [0.717, 1.165) is 24.6 Å². The Kier molecular flexibility index (Phi) is 2.94. The van der Waals surface area contributed by atoms with E-state index in [4.69, 9.17) is 0 Å². The zero-order valence-electron chi connectivity index (χ0n) is 8.16. The molecule has 0 spiro atoms. The van der Waals surface area contributed by atoms with E-state index in [-0.39, 0.29) is 0 Å². The van der Waals surface area contributed by atoms with E-state index in [1.165, 1.54) is 18.7 Å². The average molecular weight is 199 g/mol. The summed E-state index contributed by atoms with van der Waals surface area (Å²) in [5.74, 6) is 1.68. The third-order valence-electron chi connectivity index (χ3n) is 3.03. The molecule has 0 radical (unpaired) electrons. The lowest BCUT2D eigenvalue weighted by Gasteiger charge is -2.27. The molecule has 0 N–H and O–H groups in total. The average Bonchev–Trinajstić information content (AvgIpc) is 2.46. The van der Waals surface area contributed by atoms with Crippen LogP contribution in [-0.4, -0.2) is 40.8 Å². The number of fused-ring (bicyclic) bond motifs is 1. The highest BCUT2D eigenvalue weighted by molar-refractivity contribution is 7.99. The molecule has 0 aliphatic carbocycles. The molecule has 3 heteroatoms. The largest absolute Gasteiger partial charge is 0.300 e. The molecule has 0 bridgehead atoms. The Morgan fingerprint density at radius 1 is 1.62 bits per heavy atom. The Morgan fingerprint density at radius 2 is 2.46 bits per heavy atom. The first-order chi connectivity index (χ1) is 6.29. The van der Waals surface area contributed by atoms with Crippen molar-refractivity contribution >= 4 is 17.5 Å². The highest BCUT2D eigenvalue weighted by Crippen LogP contribution is 2.31. The summed E-state index contributed by atoms with van der Waals surface area (Å²) in [6.07, 6.45) is 2.85. The summed E-state index contributed by atoms with van der Waals surface area (Å²) >= 11 is 2.05. The second kappa shape index (κ2) is 4.01. The van der Waals surface area contributed by atoms with E-state index in [1.54, 1.807) is 0 Å². The van der Waals surface area contributed by atoms with Crippen molar-refractivity contribution in [3.05, 3.63) is 0 Å². The van der Waals surface area contributed by atoms with Crippen molar-refractivity contribution in [1.82, 2.24) is 4.90 Å². The molecule has 2 saturated heterocycles. The monoisotopic (exact) mass is 199 g/mol. The van der Waals surface area contributed by atoms with Crippen LogP contribution in [0.4, 0.5) is 0 Å². The molecular formula is C10H17NOS. The number of thioether (sulfide) groups is 1. The molecular weight excluding hydrogens is 182 g/mol. The number of Topliss-reactive ketones (excluding diaryl/α,β-unsaturated/α-hetero) is 1. The summed E-state index contributed by atoms with van der Waals surface area (Å²) in [4.78, 5) is 13.7. The maximum Gasteiger partial charge on any atom is 0.135 e. The molecule has 0 amide bonds. The third kappa shape index (κ3) is 2.08. The normalized spacial score (nSPS) is 35.0.